The highest BCUT2D eigenvalue weighted by Crippen LogP contribution is 1.93. The smallest absolute Gasteiger partial charge is 0.0196 e. The summed E-state index contributed by atoms with van der Waals surface area (Å²) in [4.78, 5) is 2.35. The Morgan fingerprint density at radius 1 is 1.30 bits per heavy atom. The Morgan fingerprint density at radius 2 is 1.80 bits per heavy atom. The molecule has 1 unspecified atom stereocenters. The zero-order valence-electron chi connectivity index (χ0n) is 7.35. The van der Waals surface area contributed by atoms with Crippen molar-refractivity contribution in [2.45, 2.75) is 33.2 Å². The van der Waals surface area contributed by atoms with Crippen LogP contribution in [0.5, 0.6) is 0 Å². The Balaban J connectivity index is 3.26. The summed E-state index contributed by atoms with van der Waals surface area (Å²) in [6.07, 6.45) is 1.00. The molecular weight excluding hydrogens is 124 g/mol. The summed E-state index contributed by atoms with van der Waals surface area (Å²) in [5, 5.41) is 0. The second-order valence-corrected chi connectivity index (χ2v) is 2.72. The Morgan fingerprint density at radius 3 is 2.10 bits per heavy atom. The van der Waals surface area contributed by atoms with E-state index in [4.69, 9.17) is 5.73 Å². The van der Waals surface area contributed by atoms with Crippen molar-refractivity contribution in [3.8, 4) is 0 Å². The van der Waals surface area contributed by atoms with Gasteiger partial charge >= 0.3 is 0 Å². The highest BCUT2D eigenvalue weighted by atomic mass is 15.1. The number of nitrogens with one attached hydrogen (secondary N) is 1. The fourth-order valence-corrected chi connectivity index (χ4v) is 0.916. The number of hydrogen-bond acceptors (Lipinski definition) is 1. The molecule has 1 radical (unpaired) electrons. The molecule has 2 heteroatoms. The second kappa shape index (κ2) is 5.69. The van der Waals surface area contributed by atoms with Gasteiger partial charge in [0.1, 0.15) is 0 Å². The van der Waals surface area contributed by atoms with E-state index >= 15 is 0 Å². The minimum Gasteiger partial charge on any atom is -0.304 e. The van der Waals surface area contributed by atoms with E-state index in [1.807, 2.05) is 6.92 Å². The third-order valence-electron chi connectivity index (χ3n) is 1.77. The first-order valence-electron chi connectivity index (χ1n) is 4.14. The standard InChI is InChI=1S/C8H19N2/c1-4-10(5-2)7-6-8(3)9/h8-9H,4-7H2,1-3H3. The fraction of sp³-hybridized carbons (Fsp3) is 1.00. The monoisotopic (exact) mass is 143 g/mol. The molecule has 0 aromatic heterocycles. The molecule has 0 saturated carbocycles. The van der Waals surface area contributed by atoms with Crippen LogP contribution in [-0.2, 0) is 0 Å². The molecule has 61 valence electrons. The molecule has 10 heavy (non-hydrogen) atoms. The van der Waals surface area contributed by atoms with Crippen LogP contribution >= 0.6 is 0 Å². The van der Waals surface area contributed by atoms with Crippen LogP contribution in [0.3, 0.4) is 0 Å². The van der Waals surface area contributed by atoms with E-state index in [1.54, 1.807) is 0 Å². The van der Waals surface area contributed by atoms with Gasteiger partial charge in [-0.05, 0) is 33.0 Å². The summed E-state index contributed by atoms with van der Waals surface area (Å²) in [6.45, 7) is 9.59. The van der Waals surface area contributed by atoms with Crippen LogP contribution in [0, 0.1) is 0 Å². The van der Waals surface area contributed by atoms with Gasteiger partial charge in [-0.25, -0.2) is 0 Å². The zero-order valence-corrected chi connectivity index (χ0v) is 7.35. The molecule has 0 bridgehead atoms. The molecule has 0 fully saturated rings. The van der Waals surface area contributed by atoms with Crippen LogP contribution in [0.2, 0.25) is 0 Å². The number of rotatable bonds is 5. The van der Waals surface area contributed by atoms with Crippen molar-refractivity contribution < 1.29 is 0 Å². The summed E-state index contributed by atoms with van der Waals surface area (Å²) in [5.41, 5.74) is 7.29. The van der Waals surface area contributed by atoms with Crippen LogP contribution in [0.15, 0.2) is 0 Å². The Bertz CT molecular complexity index is 67.7. The zero-order chi connectivity index (χ0) is 7.98. The summed E-state index contributed by atoms with van der Waals surface area (Å²) < 4.78 is 0. The number of nitrogens with zero attached hydrogens (tertiary/aromatic N) is 1. The lowest BCUT2D eigenvalue weighted by Gasteiger charge is -2.18. The van der Waals surface area contributed by atoms with Gasteiger partial charge in [-0.1, -0.05) is 13.8 Å². The van der Waals surface area contributed by atoms with E-state index in [0.717, 1.165) is 26.1 Å². The lowest BCUT2D eigenvalue weighted by Crippen LogP contribution is -2.26. The third-order valence-corrected chi connectivity index (χ3v) is 1.77. The maximum atomic E-state index is 7.29. The highest BCUT2D eigenvalue weighted by molar-refractivity contribution is 4.57. The largest absolute Gasteiger partial charge is 0.304 e. The number of hydrogen-bond donors (Lipinski definition) is 0. The lowest BCUT2D eigenvalue weighted by atomic mass is 10.2. The van der Waals surface area contributed by atoms with Crippen molar-refractivity contribution in [1.29, 1.82) is 0 Å². The van der Waals surface area contributed by atoms with Gasteiger partial charge in [-0.3, -0.25) is 5.73 Å². The molecule has 0 spiro atoms. The second-order valence-electron chi connectivity index (χ2n) is 2.72. The minimum absolute atomic E-state index is 0.0978. The van der Waals surface area contributed by atoms with Crippen LogP contribution in [-0.4, -0.2) is 30.6 Å². The maximum absolute atomic E-state index is 7.29. The van der Waals surface area contributed by atoms with Crippen LogP contribution < -0.4 is 5.73 Å². The van der Waals surface area contributed by atoms with Crippen molar-refractivity contribution in [3.63, 3.8) is 0 Å². The van der Waals surface area contributed by atoms with E-state index in [1.165, 1.54) is 0 Å². The molecule has 0 aliphatic carbocycles. The minimum atomic E-state index is 0.0978. The average Bonchev–Trinajstić information content (AvgIpc) is 1.90. The summed E-state index contributed by atoms with van der Waals surface area (Å²) in [6, 6.07) is 0.0978. The molecule has 2 nitrogen and oxygen atoms in total. The molecule has 0 aromatic rings. The Hall–Kier alpha value is -0.0800. The topological polar surface area (TPSA) is 27.0 Å². The molecule has 0 amide bonds. The van der Waals surface area contributed by atoms with Crippen LogP contribution in [0.1, 0.15) is 27.2 Å². The van der Waals surface area contributed by atoms with Crippen molar-refractivity contribution in [1.82, 2.24) is 10.6 Å². The summed E-state index contributed by atoms with van der Waals surface area (Å²) >= 11 is 0. The van der Waals surface area contributed by atoms with Gasteiger partial charge in [0, 0.05) is 6.04 Å². The van der Waals surface area contributed by atoms with E-state index in [-0.39, 0.29) is 6.04 Å². The molecular formula is C8H19N2. The molecule has 0 aliphatic heterocycles. The average molecular weight is 143 g/mol. The molecule has 1 atom stereocenters. The Kier molecular flexibility index (Phi) is 5.64. The van der Waals surface area contributed by atoms with Gasteiger partial charge in [0.2, 0.25) is 0 Å². The van der Waals surface area contributed by atoms with Crippen molar-refractivity contribution in [3.05, 3.63) is 0 Å². The predicted octanol–water partition coefficient (Wildman–Crippen LogP) is 1.39. The highest BCUT2D eigenvalue weighted by Gasteiger charge is 2.00. The first kappa shape index (κ1) is 9.92. The molecule has 0 saturated heterocycles. The molecule has 0 aliphatic rings. The molecule has 0 heterocycles. The van der Waals surface area contributed by atoms with Crippen LogP contribution in [0.25, 0.3) is 0 Å². The van der Waals surface area contributed by atoms with E-state index in [9.17, 15) is 0 Å². The van der Waals surface area contributed by atoms with Gasteiger partial charge in [0.25, 0.3) is 0 Å². The van der Waals surface area contributed by atoms with E-state index in [2.05, 4.69) is 18.7 Å². The predicted molar refractivity (Wildman–Crippen MR) is 45.0 cm³/mol. The fourth-order valence-electron chi connectivity index (χ4n) is 0.916. The van der Waals surface area contributed by atoms with Crippen molar-refractivity contribution >= 4 is 0 Å². The van der Waals surface area contributed by atoms with Gasteiger partial charge in [0.15, 0.2) is 0 Å². The Labute approximate surface area is 64.4 Å². The molecule has 1 N–H and O–H groups in total. The van der Waals surface area contributed by atoms with Gasteiger partial charge in [0.05, 0.1) is 0 Å². The summed E-state index contributed by atoms with van der Waals surface area (Å²) in [5.74, 6) is 0. The van der Waals surface area contributed by atoms with Gasteiger partial charge < -0.3 is 4.90 Å². The SMILES string of the molecule is CCN(CC)CCC(C)[NH]. The molecule has 0 aromatic carbocycles. The quantitative estimate of drug-likeness (QED) is 0.571. The molecule has 0 rings (SSSR count). The van der Waals surface area contributed by atoms with Gasteiger partial charge in [-0.2, -0.15) is 0 Å². The first-order chi connectivity index (χ1) is 4.70. The van der Waals surface area contributed by atoms with E-state index in [0.29, 0.717) is 0 Å². The summed E-state index contributed by atoms with van der Waals surface area (Å²) in [7, 11) is 0. The van der Waals surface area contributed by atoms with E-state index < -0.39 is 0 Å². The van der Waals surface area contributed by atoms with Crippen molar-refractivity contribution in [2.75, 3.05) is 19.6 Å². The lowest BCUT2D eigenvalue weighted by molar-refractivity contribution is 0.291. The normalized spacial score (nSPS) is 14.1. The first-order valence-corrected chi connectivity index (χ1v) is 4.14. The maximum Gasteiger partial charge on any atom is 0.0196 e. The van der Waals surface area contributed by atoms with Crippen molar-refractivity contribution in [2.24, 2.45) is 0 Å². The van der Waals surface area contributed by atoms with Gasteiger partial charge in [-0.15, -0.1) is 0 Å². The third kappa shape index (κ3) is 4.77. The van der Waals surface area contributed by atoms with Crippen LogP contribution in [0.4, 0.5) is 0 Å².